The van der Waals surface area contributed by atoms with Crippen LogP contribution in [0, 0.1) is 0 Å². The third-order valence-electron chi connectivity index (χ3n) is 3.54. The molecule has 0 aliphatic heterocycles. The minimum Gasteiger partial charge on any atom is -0.495 e. The molecule has 3 rings (SSSR count). The van der Waals surface area contributed by atoms with Crippen molar-refractivity contribution in [2.24, 2.45) is 7.05 Å². The number of para-hydroxylation sites is 2. The molecule has 0 unspecified atom stereocenters. The van der Waals surface area contributed by atoms with Crippen LogP contribution in [0.1, 0.15) is 5.82 Å². The largest absolute Gasteiger partial charge is 0.495 e. The molecule has 5 heteroatoms. The van der Waals surface area contributed by atoms with Crippen LogP contribution in [0.3, 0.4) is 0 Å². The van der Waals surface area contributed by atoms with Gasteiger partial charge in [-0.15, -0.1) is 10.2 Å². The number of ether oxygens (including phenoxy) is 1. The van der Waals surface area contributed by atoms with E-state index in [1.54, 1.807) is 7.11 Å². The van der Waals surface area contributed by atoms with Gasteiger partial charge in [-0.05, 0) is 12.1 Å². The molecule has 1 N–H and O–H groups in total. The Balaban J connectivity index is 1.78. The van der Waals surface area contributed by atoms with Crippen LogP contribution in [0.5, 0.6) is 5.75 Å². The number of rotatable bonds is 5. The Morgan fingerprint density at radius 3 is 2.50 bits per heavy atom. The summed E-state index contributed by atoms with van der Waals surface area (Å²) in [6.07, 6.45) is 0. The third kappa shape index (κ3) is 2.79. The van der Waals surface area contributed by atoms with Crippen LogP contribution in [0.2, 0.25) is 0 Å². The highest BCUT2D eigenvalue weighted by Gasteiger charge is 2.10. The van der Waals surface area contributed by atoms with Crippen molar-refractivity contribution >= 4 is 5.69 Å². The molecule has 5 nitrogen and oxygen atoms in total. The number of methoxy groups -OCH3 is 1. The summed E-state index contributed by atoms with van der Waals surface area (Å²) in [5.74, 6) is 2.54. The second-order valence-corrected chi connectivity index (χ2v) is 4.92. The number of nitrogens with one attached hydrogen (secondary N) is 1. The lowest BCUT2D eigenvalue weighted by molar-refractivity contribution is 0.416. The fourth-order valence-corrected chi connectivity index (χ4v) is 2.32. The van der Waals surface area contributed by atoms with Crippen molar-refractivity contribution in [1.29, 1.82) is 0 Å². The average molecular weight is 294 g/mol. The fourth-order valence-electron chi connectivity index (χ4n) is 2.32. The Morgan fingerprint density at radius 2 is 1.73 bits per heavy atom. The summed E-state index contributed by atoms with van der Waals surface area (Å²) in [4.78, 5) is 0. The van der Waals surface area contributed by atoms with Gasteiger partial charge in [0, 0.05) is 12.6 Å². The molecule has 22 heavy (non-hydrogen) atoms. The van der Waals surface area contributed by atoms with E-state index in [1.165, 1.54) is 0 Å². The minimum absolute atomic E-state index is 0.580. The van der Waals surface area contributed by atoms with Crippen LogP contribution in [0.4, 0.5) is 5.69 Å². The van der Waals surface area contributed by atoms with Crippen LogP contribution in [0.25, 0.3) is 11.4 Å². The highest BCUT2D eigenvalue weighted by Crippen LogP contribution is 2.24. The fraction of sp³-hybridized carbons (Fsp3) is 0.176. The molecule has 1 aromatic heterocycles. The number of nitrogens with zero attached hydrogens (tertiary/aromatic N) is 3. The normalized spacial score (nSPS) is 10.5. The van der Waals surface area contributed by atoms with Gasteiger partial charge < -0.3 is 14.6 Å². The Morgan fingerprint density at radius 1 is 1.00 bits per heavy atom. The Bertz CT molecular complexity index is 752. The zero-order chi connectivity index (χ0) is 15.4. The van der Waals surface area contributed by atoms with Crippen LogP contribution < -0.4 is 10.1 Å². The molecule has 3 aromatic rings. The molecule has 1 heterocycles. The molecular weight excluding hydrogens is 276 g/mol. The predicted octanol–water partition coefficient (Wildman–Crippen LogP) is 3.10. The van der Waals surface area contributed by atoms with E-state index in [9.17, 15) is 0 Å². The van der Waals surface area contributed by atoms with Crippen molar-refractivity contribution < 1.29 is 4.74 Å². The SMILES string of the molecule is COc1ccccc1NCc1nnc(-c2ccccc2)n1C. The molecule has 112 valence electrons. The van der Waals surface area contributed by atoms with Gasteiger partial charge in [-0.3, -0.25) is 0 Å². The molecule has 0 saturated heterocycles. The highest BCUT2D eigenvalue weighted by atomic mass is 16.5. The summed E-state index contributed by atoms with van der Waals surface area (Å²) < 4.78 is 7.33. The predicted molar refractivity (Wildman–Crippen MR) is 86.8 cm³/mol. The van der Waals surface area contributed by atoms with Crippen molar-refractivity contribution in [1.82, 2.24) is 14.8 Å². The smallest absolute Gasteiger partial charge is 0.163 e. The summed E-state index contributed by atoms with van der Waals surface area (Å²) in [6.45, 7) is 0.580. The molecule has 0 fully saturated rings. The van der Waals surface area contributed by atoms with Crippen LogP contribution in [-0.2, 0) is 13.6 Å². The van der Waals surface area contributed by atoms with Gasteiger partial charge in [-0.2, -0.15) is 0 Å². The molecule has 0 amide bonds. The number of hydrogen-bond acceptors (Lipinski definition) is 4. The van der Waals surface area contributed by atoms with E-state index < -0.39 is 0 Å². The van der Waals surface area contributed by atoms with Crippen LogP contribution >= 0.6 is 0 Å². The monoisotopic (exact) mass is 294 g/mol. The first-order valence-electron chi connectivity index (χ1n) is 7.10. The maximum absolute atomic E-state index is 5.33. The van der Waals surface area contributed by atoms with Crippen molar-refractivity contribution in [3.8, 4) is 17.1 Å². The van der Waals surface area contributed by atoms with E-state index in [0.717, 1.165) is 28.6 Å². The first-order valence-corrected chi connectivity index (χ1v) is 7.10. The van der Waals surface area contributed by atoms with Gasteiger partial charge in [-0.1, -0.05) is 42.5 Å². The molecule has 0 bridgehead atoms. The van der Waals surface area contributed by atoms with E-state index in [4.69, 9.17) is 4.74 Å². The summed E-state index contributed by atoms with van der Waals surface area (Å²) in [5, 5.41) is 11.9. The van der Waals surface area contributed by atoms with Gasteiger partial charge in [0.2, 0.25) is 0 Å². The maximum Gasteiger partial charge on any atom is 0.163 e. The maximum atomic E-state index is 5.33. The molecule has 2 aromatic carbocycles. The molecule has 0 atom stereocenters. The van der Waals surface area contributed by atoms with E-state index in [1.807, 2.05) is 66.2 Å². The second kappa shape index (κ2) is 6.30. The molecule has 0 spiro atoms. The number of aromatic nitrogens is 3. The van der Waals surface area contributed by atoms with Gasteiger partial charge in [0.15, 0.2) is 11.6 Å². The standard InChI is InChI=1S/C17H18N4O/c1-21-16(12-18-14-10-6-7-11-15(14)22-2)19-20-17(21)13-8-4-3-5-9-13/h3-11,18H,12H2,1-2H3. The van der Waals surface area contributed by atoms with E-state index in [2.05, 4.69) is 15.5 Å². The van der Waals surface area contributed by atoms with E-state index >= 15 is 0 Å². The lowest BCUT2D eigenvalue weighted by Gasteiger charge is -2.10. The Hall–Kier alpha value is -2.82. The van der Waals surface area contributed by atoms with E-state index in [0.29, 0.717) is 6.54 Å². The summed E-state index contributed by atoms with van der Waals surface area (Å²) in [5.41, 5.74) is 2.00. The quantitative estimate of drug-likeness (QED) is 0.785. The molecule has 0 saturated carbocycles. The zero-order valence-corrected chi connectivity index (χ0v) is 12.7. The lowest BCUT2D eigenvalue weighted by Crippen LogP contribution is -2.07. The zero-order valence-electron chi connectivity index (χ0n) is 12.7. The van der Waals surface area contributed by atoms with Crippen molar-refractivity contribution in [3.05, 3.63) is 60.4 Å². The highest BCUT2D eigenvalue weighted by molar-refractivity contribution is 5.57. The first-order chi connectivity index (χ1) is 10.8. The number of anilines is 1. The molecule has 0 aliphatic carbocycles. The minimum atomic E-state index is 0.580. The second-order valence-electron chi connectivity index (χ2n) is 4.92. The summed E-state index contributed by atoms with van der Waals surface area (Å²) >= 11 is 0. The average Bonchev–Trinajstić information content (AvgIpc) is 2.95. The van der Waals surface area contributed by atoms with Crippen LogP contribution in [-0.4, -0.2) is 21.9 Å². The van der Waals surface area contributed by atoms with Crippen molar-refractivity contribution in [2.45, 2.75) is 6.54 Å². The van der Waals surface area contributed by atoms with Crippen LogP contribution in [0.15, 0.2) is 54.6 Å². The number of hydrogen-bond donors (Lipinski definition) is 1. The Labute approximate surface area is 129 Å². The van der Waals surface area contributed by atoms with E-state index in [-0.39, 0.29) is 0 Å². The molecule has 0 aliphatic rings. The summed E-state index contributed by atoms with van der Waals surface area (Å²) in [7, 11) is 3.64. The van der Waals surface area contributed by atoms with Gasteiger partial charge in [0.1, 0.15) is 5.75 Å². The van der Waals surface area contributed by atoms with Crippen molar-refractivity contribution in [3.63, 3.8) is 0 Å². The van der Waals surface area contributed by atoms with Gasteiger partial charge in [0.25, 0.3) is 0 Å². The first kappa shape index (κ1) is 14.1. The van der Waals surface area contributed by atoms with Gasteiger partial charge in [-0.25, -0.2) is 0 Å². The molecular formula is C17H18N4O. The molecule has 0 radical (unpaired) electrons. The lowest BCUT2D eigenvalue weighted by atomic mass is 10.2. The van der Waals surface area contributed by atoms with Gasteiger partial charge in [0.05, 0.1) is 19.3 Å². The third-order valence-corrected chi connectivity index (χ3v) is 3.54. The topological polar surface area (TPSA) is 52.0 Å². The van der Waals surface area contributed by atoms with Crippen molar-refractivity contribution in [2.75, 3.05) is 12.4 Å². The Kier molecular flexibility index (Phi) is 4.05. The summed E-state index contributed by atoms with van der Waals surface area (Å²) in [6, 6.07) is 17.9. The van der Waals surface area contributed by atoms with Gasteiger partial charge >= 0.3 is 0 Å². The number of benzene rings is 2.